The molecule has 0 fully saturated rings. The summed E-state index contributed by atoms with van der Waals surface area (Å²) in [5.74, 6) is 0.662. The van der Waals surface area contributed by atoms with Gasteiger partial charge in [0.1, 0.15) is 11.3 Å². The summed E-state index contributed by atoms with van der Waals surface area (Å²) in [4.78, 5) is 7.64. The third-order valence-corrected chi connectivity index (χ3v) is 3.34. The number of aromatic nitrogens is 2. The zero-order valence-electron chi connectivity index (χ0n) is 9.24. The van der Waals surface area contributed by atoms with Crippen LogP contribution in [0.3, 0.4) is 0 Å². The van der Waals surface area contributed by atoms with Crippen LogP contribution >= 0.6 is 23.2 Å². The number of benzene rings is 2. The van der Waals surface area contributed by atoms with E-state index in [4.69, 9.17) is 28.9 Å². The normalized spacial score (nSPS) is 11.0. The molecule has 0 bridgehead atoms. The number of fused-ring (bicyclic) bond motifs is 1. The van der Waals surface area contributed by atoms with Gasteiger partial charge in [-0.2, -0.15) is 0 Å². The quantitative estimate of drug-likeness (QED) is 0.658. The molecule has 5 heteroatoms. The summed E-state index contributed by atoms with van der Waals surface area (Å²) >= 11 is 12.2. The van der Waals surface area contributed by atoms with Gasteiger partial charge in [-0.1, -0.05) is 29.3 Å². The molecule has 0 aliphatic rings. The number of rotatable bonds is 1. The van der Waals surface area contributed by atoms with E-state index in [1.165, 1.54) is 0 Å². The number of hydrogen-bond acceptors (Lipinski definition) is 2. The number of anilines is 1. The Morgan fingerprint density at radius 1 is 1.06 bits per heavy atom. The van der Waals surface area contributed by atoms with Crippen LogP contribution in [0.4, 0.5) is 5.69 Å². The molecule has 3 rings (SSSR count). The Bertz CT molecular complexity index is 734. The lowest BCUT2D eigenvalue weighted by atomic mass is 10.2. The van der Waals surface area contributed by atoms with Crippen molar-refractivity contribution < 1.29 is 0 Å². The van der Waals surface area contributed by atoms with Crippen molar-refractivity contribution in [3.8, 4) is 11.4 Å². The minimum Gasteiger partial charge on any atom is -0.399 e. The van der Waals surface area contributed by atoms with Crippen molar-refractivity contribution in [2.45, 2.75) is 0 Å². The van der Waals surface area contributed by atoms with Gasteiger partial charge in [0.25, 0.3) is 0 Å². The van der Waals surface area contributed by atoms with Crippen LogP contribution in [0.5, 0.6) is 0 Å². The number of nitrogen functional groups attached to an aromatic ring is 1. The van der Waals surface area contributed by atoms with Crippen LogP contribution in [-0.4, -0.2) is 9.97 Å². The lowest BCUT2D eigenvalue weighted by Gasteiger charge is -2.01. The van der Waals surface area contributed by atoms with Gasteiger partial charge in [0.05, 0.1) is 15.6 Å². The largest absolute Gasteiger partial charge is 0.399 e. The van der Waals surface area contributed by atoms with Gasteiger partial charge < -0.3 is 10.7 Å². The molecular weight excluding hydrogens is 269 g/mol. The maximum absolute atomic E-state index is 6.15. The van der Waals surface area contributed by atoms with Crippen LogP contribution < -0.4 is 5.73 Å². The molecule has 1 aromatic heterocycles. The number of hydrogen-bond donors (Lipinski definition) is 2. The molecule has 0 unspecified atom stereocenters. The van der Waals surface area contributed by atoms with E-state index in [1.54, 1.807) is 24.3 Å². The predicted molar refractivity (Wildman–Crippen MR) is 76.0 cm³/mol. The number of nitrogens with zero attached hydrogens (tertiary/aromatic N) is 1. The highest BCUT2D eigenvalue weighted by molar-refractivity contribution is 6.35. The minimum absolute atomic E-state index is 0.597. The van der Waals surface area contributed by atoms with Crippen molar-refractivity contribution in [1.29, 1.82) is 0 Å². The zero-order chi connectivity index (χ0) is 12.7. The van der Waals surface area contributed by atoms with E-state index in [1.807, 2.05) is 12.1 Å². The van der Waals surface area contributed by atoms with Crippen molar-refractivity contribution in [3.05, 3.63) is 46.4 Å². The summed E-state index contributed by atoms with van der Waals surface area (Å²) in [5, 5.41) is 1.20. The van der Waals surface area contributed by atoms with Gasteiger partial charge in [0.15, 0.2) is 0 Å². The molecule has 90 valence electrons. The molecule has 18 heavy (non-hydrogen) atoms. The number of H-pyrrole nitrogens is 1. The maximum Gasteiger partial charge on any atom is 0.140 e. The second kappa shape index (κ2) is 4.19. The van der Waals surface area contributed by atoms with Crippen LogP contribution in [0.15, 0.2) is 36.4 Å². The zero-order valence-corrected chi connectivity index (χ0v) is 10.8. The molecule has 3 N–H and O–H groups in total. The first kappa shape index (κ1) is 11.4. The summed E-state index contributed by atoms with van der Waals surface area (Å²) in [6.45, 7) is 0. The first-order chi connectivity index (χ1) is 8.65. The highest BCUT2D eigenvalue weighted by Crippen LogP contribution is 2.31. The Balaban J connectivity index is 2.26. The molecule has 0 atom stereocenters. The van der Waals surface area contributed by atoms with Crippen LogP contribution in [0.1, 0.15) is 0 Å². The van der Waals surface area contributed by atoms with Gasteiger partial charge in [-0.05, 0) is 30.3 Å². The molecule has 0 amide bonds. The molecule has 3 aromatic rings. The molecular formula is C13H9Cl2N3. The molecule has 3 nitrogen and oxygen atoms in total. The Kier molecular flexibility index (Phi) is 2.65. The first-order valence-corrected chi connectivity index (χ1v) is 6.10. The lowest BCUT2D eigenvalue weighted by Crippen LogP contribution is -1.87. The topological polar surface area (TPSA) is 54.7 Å². The van der Waals surface area contributed by atoms with Gasteiger partial charge in [0, 0.05) is 11.3 Å². The molecule has 0 aliphatic heterocycles. The van der Waals surface area contributed by atoms with Crippen molar-refractivity contribution in [1.82, 2.24) is 9.97 Å². The summed E-state index contributed by atoms with van der Waals surface area (Å²) in [6, 6.07) is 10.9. The number of imidazole rings is 1. The van der Waals surface area contributed by atoms with Gasteiger partial charge in [-0.3, -0.25) is 0 Å². The Morgan fingerprint density at radius 2 is 1.89 bits per heavy atom. The standard InChI is InChI=1S/C13H9Cl2N3/c14-9-5-4-7(16)6-8(9)13-17-11-3-1-2-10(15)12(11)18-13/h1-6H,16H2,(H,17,18). The van der Waals surface area contributed by atoms with Crippen molar-refractivity contribution in [2.75, 3.05) is 5.73 Å². The number of halogens is 2. The van der Waals surface area contributed by atoms with Gasteiger partial charge in [-0.15, -0.1) is 0 Å². The SMILES string of the molecule is Nc1ccc(Cl)c(-c2nc3c(Cl)cccc3[nH]2)c1. The smallest absolute Gasteiger partial charge is 0.140 e. The molecule has 0 saturated carbocycles. The maximum atomic E-state index is 6.15. The minimum atomic E-state index is 0.597. The highest BCUT2D eigenvalue weighted by atomic mass is 35.5. The third-order valence-electron chi connectivity index (χ3n) is 2.71. The fourth-order valence-corrected chi connectivity index (χ4v) is 2.27. The second-order valence-electron chi connectivity index (χ2n) is 3.96. The molecule has 0 spiro atoms. The van der Waals surface area contributed by atoms with E-state index in [2.05, 4.69) is 9.97 Å². The molecule has 0 aliphatic carbocycles. The van der Waals surface area contributed by atoms with E-state index in [9.17, 15) is 0 Å². The monoisotopic (exact) mass is 277 g/mol. The van der Waals surface area contributed by atoms with E-state index in [0.717, 1.165) is 16.6 Å². The van der Waals surface area contributed by atoms with Gasteiger partial charge in [0.2, 0.25) is 0 Å². The van der Waals surface area contributed by atoms with E-state index < -0.39 is 0 Å². The molecule has 0 saturated heterocycles. The second-order valence-corrected chi connectivity index (χ2v) is 4.78. The van der Waals surface area contributed by atoms with Crippen LogP contribution in [0.2, 0.25) is 10.0 Å². The number of para-hydroxylation sites is 1. The summed E-state index contributed by atoms with van der Waals surface area (Å²) in [5.41, 5.74) is 8.77. The third kappa shape index (κ3) is 1.82. The van der Waals surface area contributed by atoms with Crippen molar-refractivity contribution in [3.63, 3.8) is 0 Å². The average Bonchev–Trinajstić information content (AvgIpc) is 2.77. The molecule has 1 heterocycles. The fraction of sp³-hybridized carbons (Fsp3) is 0. The van der Waals surface area contributed by atoms with Crippen LogP contribution in [0, 0.1) is 0 Å². The van der Waals surface area contributed by atoms with E-state index in [0.29, 0.717) is 21.6 Å². The first-order valence-electron chi connectivity index (χ1n) is 5.35. The summed E-state index contributed by atoms with van der Waals surface area (Å²) < 4.78 is 0. The number of aromatic amines is 1. The number of nitrogens with one attached hydrogen (secondary N) is 1. The van der Waals surface area contributed by atoms with Gasteiger partial charge in [-0.25, -0.2) is 4.98 Å². The van der Waals surface area contributed by atoms with E-state index >= 15 is 0 Å². The summed E-state index contributed by atoms with van der Waals surface area (Å²) in [7, 11) is 0. The molecule has 0 radical (unpaired) electrons. The highest BCUT2D eigenvalue weighted by Gasteiger charge is 2.10. The Morgan fingerprint density at radius 3 is 2.67 bits per heavy atom. The van der Waals surface area contributed by atoms with Crippen molar-refractivity contribution >= 4 is 39.9 Å². The summed E-state index contributed by atoms with van der Waals surface area (Å²) in [6.07, 6.45) is 0. The van der Waals surface area contributed by atoms with Gasteiger partial charge >= 0.3 is 0 Å². The lowest BCUT2D eigenvalue weighted by molar-refractivity contribution is 1.34. The van der Waals surface area contributed by atoms with Crippen LogP contribution in [-0.2, 0) is 0 Å². The Hall–Kier alpha value is -1.71. The van der Waals surface area contributed by atoms with Crippen molar-refractivity contribution in [2.24, 2.45) is 0 Å². The van der Waals surface area contributed by atoms with E-state index in [-0.39, 0.29) is 0 Å². The predicted octanol–water partition coefficient (Wildman–Crippen LogP) is 4.12. The molecule has 2 aromatic carbocycles. The number of nitrogens with two attached hydrogens (primary N) is 1. The fourth-order valence-electron chi connectivity index (χ4n) is 1.85. The Labute approximate surface area is 114 Å². The average molecular weight is 278 g/mol. The van der Waals surface area contributed by atoms with Crippen LogP contribution in [0.25, 0.3) is 22.4 Å².